The van der Waals surface area contributed by atoms with E-state index >= 15 is 0 Å². The van der Waals surface area contributed by atoms with Gasteiger partial charge in [0.05, 0.1) is 0 Å². The van der Waals surface area contributed by atoms with Gasteiger partial charge in [-0.15, -0.1) is 0 Å². The Kier molecular flexibility index (Phi) is 7.02. The van der Waals surface area contributed by atoms with Crippen molar-refractivity contribution in [2.75, 3.05) is 14.1 Å². The molecule has 0 aliphatic heterocycles. The normalized spacial score (nSPS) is 10.9. The average Bonchev–Trinajstić information content (AvgIpc) is 2.15. The average molecular weight is 283 g/mol. The molecule has 0 heterocycles. The zero-order valence-corrected chi connectivity index (χ0v) is 8.93. The monoisotopic (exact) mass is 283 g/mol. The fraction of sp³-hybridized carbons (Fsp3) is 0.571. The van der Waals surface area contributed by atoms with Gasteiger partial charge in [0.2, 0.25) is 6.41 Å². The van der Waals surface area contributed by atoms with Gasteiger partial charge in [-0.3, -0.25) is 4.79 Å². The molecule has 0 aliphatic rings. The van der Waals surface area contributed by atoms with Crippen LogP contribution in [0.3, 0.4) is 0 Å². The predicted molar refractivity (Wildman–Crippen MR) is 43.0 cm³/mol. The van der Waals surface area contributed by atoms with Crippen molar-refractivity contribution < 1.29 is 45.5 Å². The molecular weight excluding hydrogens is 276 g/mol. The molecule has 0 aromatic carbocycles. The summed E-state index contributed by atoms with van der Waals surface area (Å²) >= 11 is 0. The molecule has 106 valence electrons. The molecule has 0 aromatic heterocycles. The minimum Gasteiger partial charge on any atom is -0.380 e. The quantitative estimate of drug-likeness (QED) is 0.310. The first kappa shape index (κ1) is 18.6. The largest absolute Gasteiger partial charge is 0.491 e. The molecule has 0 N–H and O–H groups in total. The van der Waals surface area contributed by atoms with Crippen LogP contribution in [-0.2, 0) is 19.1 Å². The molecule has 0 spiro atoms. The first-order valence-electron chi connectivity index (χ1n) is 3.84. The third kappa shape index (κ3) is 9.42. The summed E-state index contributed by atoms with van der Waals surface area (Å²) in [5.41, 5.74) is 0. The lowest BCUT2D eigenvalue weighted by Crippen LogP contribution is -2.34. The molecule has 0 aromatic rings. The Morgan fingerprint density at radius 3 is 1.28 bits per heavy atom. The highest BCUT2D eigenvalue weighted by Gasteiger charge is 2.49. The van der Waals surface area contributed by atoms with Crippen molar-refractivity contribution in [2.24, 2.45) is 0 Å². The molecule has 18 heavy (non-hydrogen) atoms. The van der Waals surface area contributed by atoms with Gasteiger partial charge < -0.3 is 9.64 Å². The summed E-state index contributed by atoms with van der Waals surface area (Å²) < 4.78 is 69.7. The second-order valence-corrected chi connectivity index (χ2v) is 2.74. The van der Waals surface area contributed by atoms with Crippen molar-refractivity contribution in [3.05, 3.63) is 0 Å². The maximum absolute atomic E-state index is 11.2. The zero-order chi connectivity index (χ0) is 15.1. The maximum Gasteiger partial charge on any atom is 0.491 e. The topological polar surface area (TPSA) is 63.7 Å². The maximum atomic E-state index is 11.2. The third-order valence-electron chi connectivity index (χ3n) is 0.859. The van der Waals surface area contributed by atoms with E-state index in [0.29, 0.717) is 0 Å². The summed E-state index contributed by atoms with van der Waals surface area (Å²) in [7, 11) is 3.38. The van der Waals surface area contributed by atoms with Gasteiger partial charge in [0.25, 0.3) is 0 Å². The summed E-state index contributed by atoms with van der Waals surface area (Å²) in [4.78, 5) is 30.2. The van der Waals surface area contributed by atoms with Gasteiger partial charge in [-0.2, -0.15) is 26.3 Å². The van der Waals surface area contributed by atoms with E-state index in [-0.39, 0.29) is 0 Å². The molecule has 0 radical (unpaired) electrons. The van der Waals surface area contributed by atoms with Crippen molar-refractivity contribution in [1.82, 2.24) is 4.90 Å². The van der Waals surface area contributed by atoms with Gasteiger partial charge in [0, 0.05) is 14.1 Å². The van der Waals surface area contributed by atoms with E-state index in [1.54, 1.807) is 14.1 Å². The SMILES string of the molecule is CN(C)C=O.O=C(OC(=O)C(F)(F)F)C(F)(F)F. The lowest BCUT2D eigenvalue weighted by Gasteiger charge is -2.06. The smallest absolute Gasteiger partial charge is 0.380 e. The summed E-state index contributed by atoms with van der Waals surface area (Å²) in [6.45, 7) is 0. The number of hydrogen-bond donors (Lipinski definition) is 0. The van der Waals surface area contributed by atoms with E-state index in [2.05, 4.69) is 4.74 Å². The number of esters is 2. The van der Waals surface area contributed by atoms with E-state index in [4.69, 9.17) is 0 Å². The summed E-state index contributed by atoms with van der Waals surface area (Å²) in [6.07, 6.45) is -10.5. The van der Waals surface area contributed by atoms with E-state index in [9.17, 15) is 40.7 Å². The van der Waals surface area contributed by atoms with Crippen molar-refractivity contribution in [1.29, 1.82) is 0 Å². The predicted octanol–water partition coefficient (Wildman–Crippen LogP) is 0.885. The number of rotatable bonds is 1. The summed E-state index contributed by atoms with van der Waals surface area (Å²) in [5.74, 6) is -6.40. The number of halogens is 6. The molecule has 0 saturated heterocycles. The highest BCUT2D eigenvalue weighted by atomic mass is 19.4. The van der Waals surface area contributed by atoms with Crippen molar-refractivity contribution in [3.63, 3.8) is 0 Å². The molecule has 0 atom stereocenters. The minimum absolute atomic E-state index is 0.750. The van der Waals surface area contributed by atoms with Crippen LogP contribution < -0.4 is 0 Å². The number of carbonyl (C=O) groups excluding carboxylic acids is 3. The molecule has 0 saturated carbocycles. The van der Waals surface area contributed by atoms with Gasteiger partial charge in [0.15, 0.2) is 0 Å². The summed E-state index contributed by atoms with van der Waals surface area (Å²) in [5, 5.41) is 0. The first-order chi connectivity index (χ1) is 7.82. The van der Waals surface area contributed by atoms with Gasteiger partial charge >= 0.3 is 24.3 Å². The Labute approximate surface area is 96.3 Å². The van der Waals surface area contributed by atoms with Gasteiger partial charge in [-0.25, -0.2) is 9.59 Å². The number of nitrogens with zero attached hydrogens (tertiary/aromatic N) is 1. The van der Waals surface area contributed by atoms with Crippen LogP contribution in [0.1, 0.15) is 0 Å². The standard InChI is InChI=1S/C4F6O3.C3H7NO/c5-3(6,7)1(11)13-2(12)4(8,9)10;1-4(2)3-5/h;3H,1-2H3. The Hall–Kier alpha value is -1.81. The van der Waals surface area contributed by atoms with Crippen LogP contribution in [0.25, 0.3) is 0 Å². The Balaban J connectivity index is 0. The summed E-state index contributed by atoms with van der Waals surface area (Å²) in [6, 6.07) is 0. The van der Waals surface area contributed by atoms with E-state index < -0.39 is 24.3 Å². The minimum atomic E-state index is -5.62. The highest BCUT2D eigenvalue weighted by Crippen LogP contribution is 2.21. The van der Waals surface area contributed by atoms with Crippen LogP contribution in [0.15, 0.2) is 0 Å². The molecule has 0 fully saturated rings. The molecule has 0 unspecified atom stereocenters. The second-order valence-electron chi connectivity index (χ2n) is 2.74. The van der Waals surface area contributed by atoms with Crippen molar-refractivity contribution in [3.8, 4) is 0 Å². The molecule has 0 bridgehead atoms. The molecule has 0 aliphatic carbocycles. The Morgan fingerprint density at radius 1 is 0.944 bits per heavy atom. The third-order valence-corrected chi connectivity index (χ3v) is 0.859. The van der Waals surface area contributed by atoms with Crippen LogP contribution in [-0.4, -0.2) is 49.7 Å². The fourth-order valence-corrected chi connectivity index (χ4v) is 0.200. The van der Waals surface area contributed by atoms with Gasteiger partial charge in [-0.1, -0.05) is 0 Å². The highest BCUT2D eigenvalue weighted by molar-refractivity contribution is 5.90. The van der Waals surface area contributed by atoms with E-state index in [1.165, 1.54) is 4.90 Å². The van der Waals surface area contributed by atoms with Crippen LogP contribution in [0.2, 0.25) is 0 Å². The number of ether oxygens (including phenoxy) is 1. The van der Waals surface area contributed by atoms with E-state index in [0.717, 1.165) is 6.41 Å². The molecule has 11 heteroatoms. The fourth-order valence-electron chi connectivity index (χ4n) is 0.200. The van der Waals surface area contributed by atoms with Gasteiger partial charge in [-0.05, 0) is 0 Å². The number of carbonyl (C=O) groups is 3. The van der Waals surface area contributed by atoms with Crippen LogP contribution >= 0.6 is 0 Å². The molecular formula is C7H7F6NO4. The lowest BCUT2D eigenvalue weighted by atomic mass is 10.6. The number of hydrogen-bond acceptors (Lipinski definition) is 4. The molecule has 5 nitrogen and oxygen atoms in total. The zero-order valence-electron chi connectivity index (χ0n) is 8.93. The van der Waals surface area contributed by atoms with Crippen LogP contribution in [0.4, 0.5) is 26.3 Å². The molecule has 0 rings (SSSR count). The van der Waals surface area contributed by atoms with Crippen LogP contribution in [0.5, 0.6) is 0 Å². The second kappa shape index (κ2) is 6.81. The lowest BCUT2D eigenvalue weighted by molar-refractivity contribution is -0.221. The Bertz CT molecular complexity index is 284. The Morgan fingerprint density at radius 2 is 1.17 bits per heavy atom. The van der Waals surface area contributed by atoms with Crippen molar-refractivity contribution >= 4 is 18.3 Å². The number of alkyl halides is 6. The molecule has 1 amide bonds. The number of amides is 1. The van der Waals surface area contributed by atoms with Gasteiger partial charge in [0.1, 0.15) is 0 Å². The van der Waals surface area contributed by atoms with Crippen molar-refractivity contribution in [2.45, 2.75) is 12.4 Å². The van der Waals surface area contributed by atoms with E-state index in [1.807, 2.05) is 0 Å². The first-order valence-corrected chi connectivity index (χ1v) is 3.84. The van der Waals surface area contributed by atoms with Crippen LogP contribution in [0, 0.1) is 0 Å².